The van der Waals surface area contributed by atoms with Crippen LogP contribution in [0.15, 0.2) is 60.8 Å². The molecule has 4 rings (SSSR count). The zero-order valence-electron chi connectivity index (χ0n) is 16.5. The van der Waals surface area contributed by atoms with Crippen LogP contribution in [0.1, 0.15) is 16.8 Å². The zero-order valence-corrected chi connectivity index (χ0v) is 17.3. The van der Waals surface area contributed by atoms with Crippen molar-refractivity contribution in [2.24, 2.45) is 0 Å². The molecule has 0 aliphatic carbocycles. The first-order chi connectivity index (χ1) is 13.6. The fourth-order valence-corrected chi connectivity index (χ4v) is 3.36. The zero-order chi connectivity index (χ0) is 19.7. The SMILES string of the molecule is COc1ccc(Cn2c(C)c(C)c3ccnc(Oc4ccc(F)cc4)c32)cc1.Cl. The number of methoxy groups -OCH3 is 1. The fourth-order valence-electron chi connectivity index (χ4n) is 3.36. The van der Waals surface area contributed by atoms with Gasteiger partial charge in [0.25, 0.3) is 0 Å². The summed E-state index contributed by atoms with van der Waals surface area (Å²) in [5.41, 5.74) is 4.42. The van der Waals surface area contributed by atoms with Gasteiger partial charge in [-0.25, -0.2) is 9.37 Å². The van der Waals surface area contributed by atoms with Crippen LogP contribution in [0.5, 0.6) is 17.4 Å². The lowest BCUT2D eigenvalue weighted by molar-refractivity contribution is 0.414. The Morgan fingerprint density at radius 2 is 1.59 bits per heavy atom. The van der Waals surface area contributed by atoms with Gasteiger partial charge in [0.05, 0.1) is 7.11 Å². The van der Waals surface area contributed by atoms with Gasteiger partial charge in [-0.05, 0) is 67.4 Å². The standard InChI is InChI=1S/C23H21FN2O2.ClH/c1-15-16(2)26(14-17-4-8-19(27-3)9-5-17)22-21(15)12-13-25-23(22)28-20-10-6-18(24)7-11-20;/h4-13H,14H2,1-3H3;1H. The van der Waals surface area contributed by atoms with Gasteiger partial charge in [0, 0.05) is 23.8 Å². The molecule has 0 saturated heterocycles. The van der Waals surface area contributed by atoms with Crippen LogP contribution in [0, 0.1) is 19.7 Å². The number of rotatable bonds is 5. The molecule has 29 heavy (non-hydrogen) atoms. The molecule has 6 heteroatoms. The van der Waals surface area contributed by atoms with Gasteiger partial charge in [-0.2, -0.15) is 0 Å². The first kappa shape index (κ1) is 20.7. The van der Waals surface area contributed by atoms with Crippen molar-refractivity contribution < 1.29 is 13.9 Å². The Morgan fingerprint density at radius 1 is 0.931 bits per heavy atom. The number of aromatic nitrogens is 2. The Hall–Kier alpha value is -3.05. The van der Waals surface area contributed by atoms with Crippen LogP contribution in [-0.4, -0.2) is 16.7 Å². The molecule has 0 aliphatic heterocycles. The molecule has 2 heterocycles. The molecule has 0 spiro atoms. The largest absolute Gasteiger partial charge is 0.497 e. The molecular weight excluding hydrogens is 391 g/mol. The van der Waals surface area contributed by atoms with Crippen LogP contribution in [0.3, 0.4) is 0 Å². The third-order valence-electron chi connectivity index (χ3n) is 5.04. The molecule has 2 aromatic carbocycles. The molecule has 150 valence electrons. The summed E-state index contributed by atoms with van der Waals surface area (Å²) in [4.78, 5) is 4.45. The Kier molecular flexibility index (Phi) is 6.09. The molecule has 0 radical (unpaired) electrons. The smallest absolute Gasteiger partial charge is 0.244 e. The van der Waals surface area contributed by atoms with Crippen LogP contribution in [0.4, 0.5) is 4.39 Å². The summed E-state index contributed by atoms with van der Waals surface area (Å²) in [6.07, 6.45) is 1.74. The molecule has 0 aliphatic rings. The maximum Gasteiger partial charge on any atom is 0.244 e. The summed E-state index contributed by atoms with van der Waals surface area (Å²) in [6, 6.07) is 16.0. The molecule has 4 nitrogen and oxygen atoms in total. The highest BCUT2D eigenvalue weighted by Crippen LogP contribution is 2.34. The van der Waals surface area contributed by atoms with E-state index >= 15 is 0 Å². The summed E-state index contributed by atoms with van der Waals surface area (Å²) in [7, 11) is 1.66. The van der Waals surface area contributed by atoms with Crippen molar-refractivity contribution in [1.82, 2.24) is 9.55 Å². The lowest BCUT2D eigenvalue weighted by Crippen LogP contribution is -2.03. The highest BCUT2D eigenvalue weighted by Gasteiger charge is 2.17. The number of benzene rings is 2. The Balaban J connectivity index is 0.00000240. The van der Waals surface area contributed by atoms with E-state index < -0.39 is 0 Å². The number of ether oxygens (including phenoxy) is 2. The summed E-state index contributed by atoms with van der Waals surface area (Å²) < 4.78 is 26.7. The third kappa shape index (κ3) is 4.05. The minimum absolute atomic E-state index is 0. The minimum Gasteiger partial charge on any atom is -0.497 e. The normalized spacial score (nSPS) is 10.6. The van der Waals surface area contributed by atoms with Crippen molar-refractivity contribution in [1.29, 1.82) is 0 Å². The van der Waals surface area contributed by atoms with Gasteiger partial charge in [0.1, 0.15) is 22.8 Å². The average molecular weight is 413 g/mol. The van der Waals surface area contributed by atoms with Crippen molar-refractivity contribution in [3.63, 3.8) is 0 Å². The Labute approximate surface area is 175 Å². The van der Waals surface area contributed by atoms with Gasteiger partial charge in [-0.15, -0.1) is 12.4 Å². The van der Waals surface area contributed by atoms with E-state index in [0.717, 1.165) is 27.9 Å². The molecule has 0 fully saturated rings. The number of hydrogen-bond acceptors (Lipinski definition) is 3. The predicted octanol–water partition coefficient (Wildman–Crippen LogP) is 6.06. The van der Waals surface area contributed by atoms with Crippen LogP contribution >= 0.6 is 12.4 Å². The van der Waals surface area contributed by atoms with Gasteiger partial charge in [0.2, 0.25) is 5.88 Å². The van der Waals surface area contributed by atoms with E-state index in [1.807, 2.05) is 18.2 Å². The van der Waals surface area contributed by atoms with Gasteiger partial charge in [-0.1, -0.05) is 12.1 Å². The molecule has 4 aromatic rings. The second kappa shape index (κ2) is 8.53. The molecule has 0 saturated carbocycles. The lowest BCUT2D eigenvalue weighted by atomic mass is 10.2. The van der Waals surface area contributed by atoms with Crippen molar-refractivity contribution >= 4 is 23.3 Å². The summed E-state index contributed by atoms with van der Waals surface area (Å²) in [5.74, 6) is 1.59. The summed E-state index contributed by atoms with van der Waals surface area (Å²) in [5, 5.41) is 1.10. The predicted molar refractivity (Wildman–Crippen MR) is 115 cm³/mol. The van der Waals surface area contributed by atoms with Gasteiger partial charge in [0.15, 0.2) is 0 Å². The molecular formula is C23H22ClFN2O2. The highest BCUT2D eigenvalue weighted by atomic mass is 35.5. The molecule has 0 bridgehead atoms. The molecule has 0 N–H and O–H groups in total. The van der Waals surface area contributed by atoms with E-state index in [1.54, 1.807) is 25.4 Å². The van der Waals surface area contributed by atoms with Crippen molar-refractivity contribution in [2.75, 3.05) is 7.11 Å². The van der Waals surface area contributed by atoms with Crippen molar-refractivity contribution in [3.8, 4) is 17.4 Å². The van der Waals surface area contributed by atoms with Crippen molar-refractivity contribution in [3.05, 3.63) is 83.4 Å². The molecule has 0 amide bonds. The van der Waals surface area contributed by atoms with E-state index in [-0.39, 0.29) is 18.2 Å². The molecule has 2 aromatic heterocycles. The van der Waals surface area contributed by atoms with E-state index in [9.17, 15) is 4.39 Å². The van der Waals surface area contributed by atoms with E-state index in [1.165, 1.54) is 17.7 Å². The number of aryl methyl sites for hydroxylation is 1. The molecule has 0 atom stereocenters. The van der Waals surface area contributed by atoms with Crippen LogP contribution in [-0.2, 0) is 6.54 Å². The van der Waals surface area contributed by atoms with Crippen LogP contribution in [0.2, 0.25) is 0 Å². The monoisotopic (exact) mass is 412 g/mol. The minimum atomic E-state index is -0.298. The number of nitrogens with zero attached hydrogens (tertiary/aromatic N) is 2. The fraction of sp³-hybridized carbons (Fsp3) is 0.174. The first-order valence-electron chi connectivity index (χ1n) is 9.07. The average Bonchev–Trinajstić information content (AvgIpc) is 2.96. The van der Waals surface area contributed by atoms with E-state index in [4.69, 9.17) is 9.47 Å². The quantitative estimate of drug-likeness (QED) is 0.399. The van der Waals surface area contributed by atoms with Gasteiger partial charge >= 0.3 is 0 Å². The summed E-state index contributed by atoms with van der Waals surface area (Å²) >= 11 is 0. The number of halogens is 2. The maximum atomic E-state index is 13.2. The highest BCUT2D eigenvalue weighted by molar-refractivity contribution is 5.89. The number of fused-ring (bicyclic) bond motifs is 1. The van der Waals surface area contributed by atoms with Gasteiger partial charge in [-0.3, -0.25) is 0 Å². The second-order valence-electron chi connectivity index (χ2n) is 6.71. The second-order valence-corrected chi connectivity index (χ2v) is 6.71. The van der Waals surface area contributed by atoms with E-state index in [0.29, 0.717) is 18.2 Å². The third-order valence-corrected chi connectivity index (χ3v) is 5.04. The maximum absolute atomic E-state index is 13.2. The lowest BCUT2D eigenvalue weighted by Gasteiger charge is -2.12. The van der Waals surface area contributed by atoms with Crippen LogP contribution in [0.25, 0.3) is 10.9 Å². The van der Waals surface area contributed by atoms with Gasteiger partial charge < -0.3 is 14.0 Å². The Morgan fingerprint density at radius 3 is 2.24 bits per heavy atom. The van der Waals surface area contributed by atoms with E-state index in [2.05, 4.69) is 35.5 Å². The summed E-state index contributed by atoms with van der Waals surface area (Å²) in [6.45, 7) is 4.88. The van der Waals surface area contributed by atoms with Crippen molar-refractivity contribution in [2.45, 2.75) is 20.4 Å². The van der Waals surface area contributed by atoms with Crippen LogP contribution < -0.4 is 9.47 Å². The Bertz CT molecular complexity index is 1120. The number of pyridine rings is 1. The number of hydrogen-bond donors (Lipinski definition) is 0. The molecule has 0 unspecified atom stereocenters. The topological polar surface area (TPSA) is 36.3 Å². The first-order valence-corrected chi connectivity index (χ1v) is 9.07.